The number of nitrogens with zero attached hydrogens (tertiary/aromatic N) is 4. The van der Waals surface area contributed by atoms with Crippen molar-refractivity contribution >= 4 is 11.4 Å². The maximum absolute atomic E-state index is 12.8. The van der Waals surface area contributed by atoms with Crippen molar-refractivity contribution in [2.45, 2.75) is 19.9 Å². The Morgan fingerprint density at radius 2 is 1.97 bits per heavy atom. The van der Waals surface area contributed by atoms with E-state index in [-0.39, 0.29) is 17.9 Å². The molecule has 0 saturated heterocycles. The second kappa shape index (κ2) is 9.38. The molecule has 0 radical (unpaired) electrons. The number of carbonyl (C=O) groups excluding carboxylic acids is 1. The number of likely N-dealkylation sites (N-methyl/N-ethyl adjacent to an activating group) is 1. The summed E-state index contributed by atoms with van der Waals surface area (Å²) >= 11 is 0. The fourth-order valence-electron chi connectivity index (χ4n) is 2.96. The fourth-order valence-corrected chi connectivity index (χ4v) is 2.96. The molecular weight excluding hydrogens is 370 g/mol. The molecule has 8 nitrogen and oxygen atoms in total. The Morgan fingerprint density at radius 3 is 2.66 bits per heavy atom. The van der Waals surface area contributed by atoms with Crippen molar-refractivity contribution in [1.29, 1.82) is 0 Å². The Hall–Kier alpha value is -3.13. The van der Waals surface area contributed by atoms with E-state index in [1.807, 2.05) is 50.2 Å². The van der Waals surface area contributed by atoms with Crippen LogP contribution >= 0.6 is 0 Å². The summed E-state index contributed by atoms with van der Waals surface area (Å²) in [5.74, 6) is 0.730. The molecule has 2 aromatic heterocycles. The highest BCUT2D eigenvalue weighted by Gasteiger charge is 2.10. The number of benzene rings is 1. The first kappa shape index (κ1) is 20.6. The summed E-state index contributed by atoms with van der Waals surface area (Å²) in [4.78, 5) is 26.7. The number of rotatable bonds is 9. The molecule has 29 heavy (non-hydrogen) atoms. The van der Waals surface area contributed by atoms with E-state index < -0.39 is 0 Å². The third-order valence-corrected chi connectivity index (χ3v) is 4.53. The molecular formula is C21H27N5O3. The van der Waals surface area contributed by atoms with Crippen LogP contribution in [0.25, 0.3) is 16.8 Å². The summed E-state index contributed by atoms with van der Waals surface area (Å²) < 4.78 is 8.58. The first-order valence-electron chi connectivity index (χ1n) is 9.71. The molecule has 8 heteroatoms. The molecule has 3 aromatic rings. The number of aryl methyl sites for hydroxylation is 1. The van der Waals surface area contributed by atoms with Gasteiger partial charge >= 0.3 is 0 Å². The second-order valence-corrected chi connectivity index (χ2v) is 7.02. The molecule has 0 bridgehead atoms. The topological polar surface area (TPSA) is 80.9 Å². The lowest BCUT2D eigenvalue weighted by Crippen LogP contribution is -2.32. The summed E-state index contributed by atoms with van der Waals surface area (Å²) in [5.41, 5.74) is 1.93. The van der Waals surface area contributed by atoms with Crippen molar-refractivity contribution in [2.75, 3.05) is 33.8 Å². The predicted molar refractivity (Wildman–Crippen MR) is 112 cm³/mol. The third-order valence-electron chi connectivity index (χ3n) is 4.53. The number of fused-ring (bicyclic) bond motifs is 1. The molecule has 1 N–H and O–H groups in total. The van der Waals surface area contributed by atoms with Crippen LogP contribution in [0.15, 0.2) is 47.5 Å². The van der Waals surface area contributed by atoms with Gasteiger partial charge in [-0.3, -0.25) is 9.59 Å². The smallest absolute Gasteiger partial charge is 0.276 e. The van der Waals surface area contributed by atoms with E-state index in [0.29, 0.717) is 30.9 Å². The van der Waals surface area contributed by atoms with Crippen LogP contribution in [0.4, 0.5) is 0 Å². The number of nitrogens with one attached hydrogen (secondary N) is 1. The lowest BCUT2D eigenvalue weighted by atomic mass is 10.1. The number of aromatic nitrogens is 3. The molecule has 0 spiro atoms. The van der Waals surface area contributed by atoms with E-state index in [9.17, 15) is 9.59 Å². The highest BCUT2D eigenvalue weighted by Crippen LogP contribution is 2.21. The second-order valence-electron chi connectivity index (χ2n) is 7.02. The first-order valence-corrected chi connectivity index (χ1v) is 9.71. The molecule has 0 aliphatic rings. The van der Waals surface area contributed by atoms with Crippen LogP contribution in [-0.4, -0.2) is 58.8 Å². The average Bonchev–Trinajstić information content (AvgIpc) is 3.13. The van der Waals surface area contributed by atoms with Crippen molar-refractivity contribution < 1.29 is 9.53 Å². The predicted octanol–water partition coefficient (Wildman–Crippen LogP) is 1.63. The molecule has 1 amide bonds. The van der Waals surface area contributed by atoms with Gasteiger partial charge in [-0.2, -0.15) is 5.10 Å². The summed E-state index contributed by atoms with van der Waals surface area (Å²) in [7, 11) is 3.90. The maximum atomic E-state index is 12.8. The van der Waals surface area contributed by atoms with Gasteiger partial charge in [0, 0.05) is 44.0 Å². The van der Waals surface area contributed by atoms with Gasteiger partial charge in [-0.25, -0.2) is 4.52 Å². The molecule has 0 aliphatic carbocycles. The third kappa shape index (κ3) is 5.23. The summed E-state index contributed by atoms with van der Waals surface area (Å²) in [6.45, 7) is 4.25. The number of hydrogen-bond donors (Lipinski definition) is 1. The lowest BCUT2D eigenvalue weighted by Gasteiger charge is -2.10. The Kier molecular flexibility index (Phi) is 6.66. The highest BCUT2D eigenvalue weighted by atomic mass is 16.5. The van der Waals surface area contributed by atoms with E-state index in [1.54, 1.807) is 27.5 Å². The Balaban J connectivity index is 1.71. The molecule has 0 aliphatic heterocycles. The molecule has 0 fully saturated rings. The van der Waals surface area contributed by atoms with Crippen LogP contribution in [-0.2, 0) is 11.3 Å². The molecule has 3 rings (SSSR count). The number of ether oxygens (including phenoxy) is 1. The minimum absolute atomic E-state index is 0.0674. The van der Waals surface area contributed by atoms with Crippen molar-refractivity contribution in [3.63, 3.8) is 0 Å². The summed E-state index contributed by atoms with van der Waals surface area (Å²) in [5, 5.41) is 7.35. The normalized spacial score (nSPS) is 11.2. The zero-order chi connectivity index (χ0) is 20.8. The zero-order valence-electron chi connectivity index (χ0n) is 17.1. The van der Waals surface area contributed by atoms with Gasteiger partial charge in [0.25, 0.3) is 5.56 Å². The largest absolute Gasteiger partial charge is 0.494 e. The molecule has 2 heterocycles. The Bertz CT molecular complexity index is 1020. The van der Waals surface area contributed by atoms with Gasteiger partial charge in [0.05, 0.1) is 12.3 Å². The number of amides is 1. The maximum Gasteiger partial charge on any atom is 0.276 e. The van der Waals surface area contributed by atoms with Gasteiger partial charge in [-0.1, -0.05) is 0 Å². The van der Waals surface area contributed by atoms with E-state index in [2.05, 4.69) is 10.4 Å². The molecule has 0 atom stereocenters. The van der Waals surface area contributed by atoms with Gasteiger partial charge in [0.15, 0.2) is 0 Å². The molecule has 0 unspecified atom stereocenters. The van der Waals surface area contributed by atoms with Crippen molar-refractivity contribution in [3.05, 3.63) is 53.1 Å². The van der Waals surface area contributed by atoms with Crippen LogP contribution in [0, 0.1) is 0 Å². The molecule has 0 saturated carbocycles. The van der Waals surface area contributed by atoms with Gasteiger partial charge in [-0.05, 0) is 51.4 Å². The van der Waals surface area contributed by atoms with E-state index in [1.165, 1.54) is 0 Å². The highest BCUT2D eigenvalue weighted by molar-refractivity contribution is 5.75. The van der Waals surface area contributed by atoms with Crippen LogP contribution < -0.4 is 15.6 Å². The fraction of sp³-hybridized carbons (Fsp3) is 0.381. The van der Waals surface area contributed by atoms with Gasteiger partial charge < -0.3 is 19.5 Å². The summed E-state index contributed by atoms with van der Waals surface area (Å²) in [6, 6.07) is 9.38. The monoisotopic (exact) mass is 397 g/mol. The zero-order valence-corrected chi connectivity index (χ0v) is 17.1. The van der Waals surface area contributed by atoms with E-state index in [0.717, 1.165) is 17.9 Å². The van der Waals surface area contributed by atoms with Gasteiger partial charge in [-0.15, -0.1) is 0 Å². The molecule has 154 valence electrons. The lowest BCUT2D eigenvalue weighted by molar-refractivity contribution is -0.121. The van der Waals surface area contributed by atoms with Crippen LogP contribution in [0.1, 0.15) is 13.3 Å². The van der Waals surface area contributed by atoms with Crippen LogP contribution in [0.2, 0.25) is 0 Å². The Morgan fingerprint density at radius 1 is 1.21 bits per heavy atom. The number of hydrogen-bond acceptors (Lipinski definition) is 5. The summed E-state index contributed by atoms with van der Waals surface area (Å²) in [6.07, 6.45) is 3.65. The van der Waals surface area contributed by atoms with Gasteiger partial charge in [0.2, 0.25) is 5.91 Å². The minimum Gasteiger partial charge on any atom is -0.494 e. The average molecular weight is 397 g/mol. The molecule has 1 aromatic carbocycles. The van der Waals surface area contributed by atoms with Crippen molar-refractivity contribution in [1.82, 2.24) is 24.4 Å². The van der Waals surface area contributed by atoms with E-state index >= 15 is 0 Å². The van der Waals surface area contributed by atoms with Crippen molar-refractivity contribution in [2.24, 2.45) is 0 Å². The standard InChI is InChI=1S/C21H27N5O3/c1-4-29-17-7-5-16(6-8-17)18-15-19-21(28)25(13-14-26(19)23-18)11-9-20(27)22-10-12-24(2)3/h5-8,13-15H,4,9-12H2,1-3H3,(H,22,27). The Labute approximate surface area is 169 Å². The van der Waals surface area contributed by atoms with Gasteiger partial charge in [0.1, 0.15) is 11.3 Å². The first-order chi connectivity index (χ1) is 14.0. The van der Waals surface area contributed by atoms with Crippen LogP contribution in [0.3, 0.4) is 0 Å². The number of carbonyl (C=O) groups is 1. The van der Waals surface area contributed by atoms with Crippen LogP contribution in [0.5, 0.6) is 5.75 Å². The van der Waals surface area contributed by atoms with Crippen molar-refractivity contribution in [3.8, 4) is 17.0 Å². The quantitative estimate of drug-likeness (QED) is 0.594. The minimum atomic E-state index is -0.168. The van der Waals surface area contributed by atoms with E-state index in [4.69, 9.17) is 4.74 Å². The SMILES string of the molecule is CCOc1ccc(-c2cc3c(=O)n(CCC(=O)NCCN(C)C)ccn3n2)cc1.